The third-order valence-electron chi connectivity index (χ3n) is 5.37. The highest BCUT2D eigenvalue weighted by Gasteiger charge is 2.25. The summed E-state index contributed by atoms with van der Waals surface area (Å²) in [5.41, 5.74) is 6.96. The van der Waals surface area contributed by atoms with E-state index in [0.717, 1.165) is 57.5 Å². The van der Waals surface area contributed by atoms with Crippen LogP contribution in [0.2, 0.25) is 0 Å². The lowest BCUT2D eigenvalue weighted by atomic mass is 10.1. The van der Waals surface area contributed by atoms with Crippen LogP contribution in [0, 0.1) is 0 Å². The van der Waals surface area contributed by atoms with Gasteiger partial charge in [-0.2, -0.15) is 0 Å². The zero-order valence-electron chi connectivity index (χ0n) is 15.5. The maximum absolute atomic E-state index is 12.4. The molecule has 2 heterocycles. The summed E-state index contributed by atoms with van der Waals surface area (Å²) in [6, 6.07) is 7.42. The summed E-state index contributed by atoms with van der Waals surface area (Å²) in [6.07, 6.45) is 4.23. The molecule has 2 saturated heterocycles. The number of piperazine rings is 1. The molecule has 1 aromatic rings. The number of hydrogen-bond acceptors (Lipinski definition) is 4. The molecule has 0 spiro atoms. The van der Waals surface area contributed by atoms with Crippen molar-refractivity contribution in [3.63, 3.8) is 0 Å². The molecule has 2 amide bonds. The lowest BCUT2D eigenvalue weighted by molar-refractivity contribution is -0.133. The summed E-state index contributed by atoms with van der Waals surface area (Å²) < 4.78 is 5.80. The Morgan fingerprint density at radius 3 is 2.38 bits per heavy atom. The molecule has 0 aliphatic carbocycles. The van der Waals surface area contributed by atoms with Crippen molar-refractivity contribution in [2.24, 2.45) is 5.73 Å². The van der Waals surface area contributed by atoms with Gasteiger partial charge >= 0.3 is 0 Å². The van der Waals surface area contributed by atoms with Gasteiger partial charge in [-0.3, -0.25) is 14.5 Å². The van der Waals surface area contributed by atoms with Crippen LogP contribution in [0.5, 0.6) is 0 Å². The van der Waals surface area contributed by atoms with Crippen LogP contribution in [0.25, 0.3) is 0 Å². The number of amides is 2. The fourth-order valence-electron chi connectivity index (χ4n) is 3.73. The smallest absolute Gasteiger partial charge is 0.248 e. The molecular formula is C20H29N3O3. The summed E-state index contributed by atoms with van der Waals surface area (Å²) in [6.45, 7) is 6.23. The standard InChI is InChI=1S/C20H29N3O3/c1-15-2-7-18(26-15)8-9-19(24)23-12-10-22(11-13-23)14-16-3-5-17(6-4-16)20(21)25/h3-6,15,18H,2,7-14H2,1H3,(H2,21,25). The van der Waals surface area contributed by atoms with E-state index in [1.54, 1.807) is 12.1 Å². The van der Waals surface area contributed by atoms with Crippen LogP contribution in [-0.4, -0.2) is 60.0 Å². The highest BCUT2D eigenvalue weighted by molar-refractivity contribution is 5.92. The fourth-order valence-corrected chi connectivity index (χ4v) is 3.73. The molecule has 2 fully saturated rings. The normalized spacial score (nSPS) is 24.0. The number of ether oxygens (including phenoxy) is 1. The number of carbonyl (C=O) groups excluding carboxylic acids is 2. The summed E-state index contributed by atoms with van der Waals surface area (Å²) >= 11 is 0. The predicted octanol–water partition coefficient (Wildman–Crippen LogP) is 1.78. The minimum absolute atomic E-state index is 0.249. The van der Waals surface area contributed by atoms with E-state index in [-0.39, 0.29) is 12.0 Å². The Kier molecular flexibility index (Phi) is 6.27. The van der Waals surface area contributed by atoms with Crippen molar-refractivity contribution in [3.05, 3.63) is 35.4 Å². The second kappa shape index (κ2) is 8.64. The number of rotatable bonds is 6. The van der Waals surface area contributed by atoms with Crippen molar-refractivity contribution in [3.8, 4) is 0 Å². The molecule has 0 saturated carbocycles. The molecule has 142 valence electrons. The van der Waals surface area contributed by atoms with Gasteiger partial charge in [-0.05, 0) is 43.9 Å². The number of primary amides is 1. The van der Waals surface area contributed by atoms with Gasteiger partial charge in [0.15, 0.2) is 0 Å². The lowest BCUT2D eigenvalue weighted by Gasteiger charge is -2.35. The fraction of sp³-hybridized carbons (Fsp3) is 0.600. The van der Waals surface area contributed by atoms with Gasteiger partial charge in [0.2, 0.25) is 11.8 Å². The number of benzene rings is 1. The van der Waals surface area contributed by atoms with Crippen LogP contribution in [0.15, 0.2) is 24.3 Å². The maximum atomic E-state index is 12.4. The minimum atomic E-state index is -0.402. The molecule has 2 unspecified atom stereocenters. The largest absolute Gasteiger partial charge is 0.375 e. The number of hydrogen-bond donors (Lipinski definition) is 1. The Morgan fingerprint density at radius 2 is 1.81 bits per heavy atom. The molecule has 6 heteroatoms. The van der Waals surface area contributed by atoms with Gasteiger partial charge in [0.25, 0.3) is 0 Å². The second-order valence-corrected chi connectivity index (χ2v) is 7.40. The van der Waals surface area contributed by atoms with E-state index in [1.165, 1.54) is 0 Å². The third kappa shape index (κ3) is 5.05. The van der Waals surface area contributed by atoms with Gasteiger partial charge in [-0.15, -0.1) is 0 Å². The zero-order chi connectivity index (χ0) is 18.5. The SMILES string of the molecule is CC1CCC(CCC(=O)N2CCN(Cc3ccc(C(N)=O)cc3)CC2)O1. The third-order valence-corrected chi connectivity index (χ3v) is 5.37. The van der Waals surface area contributed by atoms with E-state index in [9.17, 15) is 9.59 Å². The van der Waals surface area contributed by atoms with E-state index in [2.05, 4.69) is 11.8 Å². The van der Waals surface area contributed by atoms with Gasteiger partial charge in [-0.1, -0.05) is 12.1 Å². The first kappa shape index (κ1) is 18.9. The van der Waals surface area contributed by atoms with Crippen molar-refractivity contribution < 1.29 is 14.3 Å². The molecule has 2 aliphatic rings. The molecule has 0 aromatic heterocycles. The van der Waals surface area contributed by atoms with Gasteiger partial charge in [-0.25, -0.2) is 0 Å². The van der Waals surface area contributed by atoms with Crippen LogP contribution in [0.3, 0.4) is 0 Å². The van der Waals surface area contributed by atoms with E-state index in [1.807, 2.05) is 17.0 Å². The van der Waals surface area contributed by atoms with Crippen LogP contribution < -0.4 is 5.73 Å². The van der Waals surface area contributed by atoms with Gasteiger partial charge in [0.05, 0.1) is 12.2 Å². The molecule has 26 heavy (non-hydrogen) atoms. The quantitative estimate of drug-likeness (QED) is 0.840. The Labute approximate surface area is 155 Å². The van der Waals surface area contributed by atoms with E-state index < -0.39 is 5.91 Å². The lowest BCUT2D eigenvalue weighted by Crippen LogP contribution is -2.48. The Hall–Kier alpha value is -1.92. The number of nitrogens with two attached hydrogens (primary N) is 1. The van der Waals surface area contributed by atoms with Crippen LogP contribution in [0.4, 0.5) is 0 Å². The molecule has 1 aromatic carbocycles. The second-order valence-electron chi connectivity index (χ2n) is 7.40. The van der Waals surface area contributed by atoms with Gasteiger partial charge < -0.3 is 15.4 Å². The average molecular weight is 359 g/mol. The zero-order valence-corrected chi connectivity index (χ0v) is 15.5. The topological polar surface area (TPSA) is 75.9 Å². The predicted molar refractivity (Wildman–Crippen MR) is 99.6 cm³/mol. The number of carbonyl (C=O) groups is 2. The molecule has 2 N–H and O–H groups in total. The molecule has 0 radical (unpaired) electrons. The molecule has 0 bridgehead atoms. The molecule has 3 rings (SSSR count). The monoisotopic (exact) mass is 359 g/mol. The van der Waals surface area contributed by atoms with Crippen molar-refractivity contribution in [2.75, 3.05) is 26.2 Å². The molecule has 2 atom stereocenters. The maximum Gasteiger partial charge on any atom is 0.248 e. The summed E-state index contributed by atoms with van der Waals surface area (Å²) in [7, 11) is 0. The van der Waals surface area contributed by atoms with E-state index >= 15 is 0 Å². The minimum Gasteiger partial charge on any atom is -0.375 e. The van der Waals surface area contributed by atoms with Gasteiger partial charge in [0, 0.05) is 44.7 Å². The first-order chi connectivity index (χ1) is 12.5. The highest BCUT2D eigenvalue weighted by atomic mass is 16.5. The molecular weight excluding hydrogens is 330 g/mol. The summed E-state index contributed by atoms with van der Waals surface area (Å²) in [4.78, 5) is 27.8. The van der Waals surface area contributed by atoms with Crippen molar-refractivity contribution in [1.82, 2.24) is 9.80 Å². The van der Waals surface area contributed by atoms with Gasteiger partial charge in [0.1, 0.15) is 0 Å². The van der Waals surface area contributed by atoms with Crippen LogP contribution in [-0.2, 0) is 16.1 Å². The highest BCUT2D eigenvalue weighted by Crippen LogP contribution is 2.23. The van der Waals surface area contributed by atoms with Crippen molar-refractivity contribution in [2.45, 2.75) is 51.4 Å². The van der Waals surface area contributed by atoms with Crippen molar-refractivity contribution in [1.29, 1.82) is 0 Å². The van der Waals surface area contributed by atoms with E-state index in [0.29, 0.717) is 18.1 Å². The van der Waals surface area contributed by atoms with Crippen molar-refractivity contribution >= 4 is 11.8 Å². The Morgan fingerprint density at radius 1 is 1.12 bits per heavy atom. The average Bonchev–Trinajstić information content (AvgIpc) is 3.06. The molecule has 6 nitrogen and oxygen atoms in total. The first-order valence-corrected chi connectivity index (χ1v) is 9.55. The van der Waals surface area contributed by atoms with Crippen LogP contribution >= 0.6 is 0 Å². The Balaban J connectivity index is 1.39. The summed E-state index contributed by atoms with van der Waals surface area (Å²) in [5, 5.41) is 0. The molecule has 2 aliphatic heterocycles. The summed E-state index contributed by atoms with van der Waals surface area (Å²) in [5.74, 6) is -0.153. The first-order valence-electron chi connectivity index (χ1n) is 9.55. The number of nitrogens with zero attached hydrogens (tertiary/aromatic N) is 2. The Bertz CT molecular complexity index is 624. The van der Waals surface area contributed by atoms with Crippen LogP contribution in [0.1, 0.15) is 48.5 Å². The van der Waals surface area contributed by atoms with E-state index in [4.69, 9.17) is 10.5 Å².